The Kier molecular flexibility index (Phi) is 11.6. The first-order chi connectivity index (χ1) is 17.5. The third-order valence-electron chi connectivity index (χ3n) is 6.29. The molecule has 1 aromatic carbocycles. The van der Waals surface area contributed by atoms with E-state index in [-0.39, 0.29) is 11.7 Å². The number of nitrogens with zero attached hydrogens (tertiary/aromatic N) is 1. The lowest BCUT2D eigenvalue weighted by Gasteiger charge is -2.21. The van der Waals surface area contributed by atoms with Crippen LogP contribution in [0.15, 0.2) is 66.5 Å². The Hall–Kier alpha value is -3.41. The molecule has 2 rings (SSSR count). The number of anilines is 1. The Labute approximate surface area is 222 Å². The number of amides is 1. The standard InChI is InChI=1S/C31H43FN4O/c1-8-10-21(4)22(5)15-30-28(31(37)35-24(7)12-9-11-23(6)33)13-14-29(36-30)25-16-26(32)18-27(17-25)34-19-20(2)3/h9,11-14,16-18,20-22,34H,7-8,10,15,19,33H2,1-6H3,(H,35,37)/b12-9-,23-11+. The highest BCUT2D eigenvalue weighted by Gasteiger charge is 2.20. The molecule has 2 unspecified atom stereocenters. The van der Waals surface area contributed by atoms with Gasteiger partial charge in [0.25, 0.3) is 5.91 Å². The zero-order valence-corrected chi connectivity index (χ0v) is 23.2. The van der Waals surface area contributed by atoms with E-state index >= 15 is 0 Å². The molecule has 200 valence electrons. The van der Waals surface area contributed by atoms with Crippen molar-refractivity contribution < 1.29 is 9.18 Å². The van der Waals surface area contributed by atoms with Gasteiger partial charge in [-0.15, -0.1) is 0 Å². The van der Waals surface area contributed by atoms with Gasteiger partial charge in [-0.25, -0.2) is 4.39 Å². The third-order valence-corrected chi connectivity index (χ3v) is 6.29. The lowest BCUT2D eigenvalue weighted by atomic mass is 9.87. The molecule has 1 amide bonds. The maximum absolute atomic E-state index is 14.5. The van der Waals surface area contributed by atoms with Crippen LogP contribution in [0.3, 0.4) is 0 Å². The SMILES string of the molecule is C=C(/C=C\C=C(/C)N)NC(=O)c1ccc(-c2cc(F)cc(NCC(C)C)c2)nc1CC(C)C(C)CCC. The molecule has 0 aliphatic rings. The van der Waals surface area contributed by atoms with E-state index in [9.17, 15) is 9.18 Å². The van der Waals surface area contributed by atoms with Crippen molar-refractivity contribution in [1.82, 2.24) is 10.3 Å². The Morgan fingerprint density at radius 3 is 2.54 bits per heavy atom. The fraction of sp³-hybridized carbons (Fsp3) is 0.419. The summed E-state index contributed by atoms with van der Waals surface area (Å²) in [5, 5.41) is 6.13. The van der Waals surface area contributed by atoms with Crippen molar-refractivity contribution in [3.8, 4) is 11.3 Å². The lowest BCUT2D eigenvalue weighted by molar-refractivity contribution is 0.0965. The second-order valence-corrected chi connectivity index (χ2v) is 10.4. The molecule has 37 heavy (non-hydrogen) atoms. The highest BCUT2D eigenvalue weighted by molar-refractivity contribution is 5.97. The molecule has 2 atom stereocenters. The molecular weight excluding hydrogens is 463 g/mol. The number of pyridine rings is 1. The van der Waals surface area contributed by atoms with Gasteiger partial charge < -0.3 is 16.4 Å². The first-order valence-electron chi connectivity index (χ1n) is 13.2. The number of allylic oxidation sites excluding steroid dienone is 4. The molecule has 0 aliphatic carbocycles. The summed E-state index contributed by atoms with van der Waals surface area (Å²) in [5.41, 5.74) is 9.97. The Bertz CT molecular complexity index is 1130. The van der Waals surface area contributed by atoms with Crippen molar-refractivity contribution in [2.24, 2.45) is 23.5 Å². The first-order valence-corrected chi connectivity index (χ1v) is 13.2. The molecule has 0 spiro atoms. The summed E-state index contributed by atoms with van der Waals surface area (Å²) in [7, 11) is 0. The molecule has 6 heteroatoms. The van der Waals surface area contributed by atoms with E-state index in [1.54, 1.807) is 37.3 Å². The number of hydrogen-bond acceptors (Lipinski definition) is 4. The maximum atomic E-state index is 14.5. The molecule has 0 radical (unpaired) electrons. The number of carbonyl (C=O) groups is 1. The Morgan fingerprint density at radius 1 is 1.16 bits per heavy atom. The number of halogens is 1. The van der Waals surface area contributed by atoms with E-state index in [2.05, 4.69) is 51.8 Å². The van der Waals surface area contributed by atoms with Gasteiger partial charge in [-0.05, 0) is 73.6 Å². The van der Waals surface area contributed by atoms with Gasteiger partial charge in [0.2, 0.25) is 0 Å². The van der Waals surface area contributed by atoms with E-state index in [1.807, 2.05) is 6.07 Å². The second kappa shape index (κ2) is 14.4. The van der Waals surface area contributed by atoms with Crippen molar-refractivity contribution in [3.63, 3.8) is 0 Å². The molecule has 5 nitrogen and oxygen atoms in total. The molecule has 0 fully saturated rings. The summed E-state index contributed by atoms with van der Waals surface area (Å²) in [4.78, 5) is 18.1. The van der Waals surface area contributed by atoms with Crippen LogP contribution in [0, 0.1) is 23.6 Å². The predicted octanol–water partition coefficient (Wildman–Crippen LogP) is 7.23. The van der Waals surface area contributed by atoms with Crippen molar-refractivity contribution >= 4 is 11.6 Å². The van der Waals surface area contributed by atoms with Crippen molar-refractivity contribution in [2.45, 2.75) is 60.8 Å². The van der Waals surface area contributed by atoms with E-state index in [0.29, 0.717) is 63.8 Å². The van der Waals surface area contributed by atoms with Gasteiger partial charge in [0.15, 0.2) is 0 Å². The zero-order chi connectivity index (χ0) is 27.5. The van der Waals surface area contributed by atoms with Crippen LogP contribution < -0.4 is 16.4 Å². The van der Waals surface area contributed by atoms with Gasteiger partial charge >= 0.3 is 0 Å². The van der Waals surface area contributed by atoms with E-state index in [4.69, 9.17) is 10.7 Å². The van der Waals surface area contributed by atoms with Crippen LogP contribution in [0.1, 0.15) is 70.4 Å². The highest BCUT2D eigenvalue weighted by Crippen LogP contribution is 2.27. The van der Waals surface area contributed by atoms with E-state index in [1.165, 1.54) is 12.1 Å². The summed E-state index contributed by atoms with van der Waals surface area (Å²) in [6.07, 6.45) is 8.02. The number of rotatable bonds is 13. The monoisotopic (exact) mass is 506 g/mol. The molecule has 0 saturated heterocycles. The largest absolute Gasteiger partial charge is 0.402 e. The van der Waals surface area contributed by atoms with Crippen LogP contribution in [0.2, 0.25) is 0 Å². The Balaban J connectivity index is 2.42. The van der Waals surface area contributed by atoms with Gasteiger partial charge in [0, 0.05) is 29.2 Å². The zero-order valence-electron chi connectivity index (χ0n) is 23.2. The fourth-order valence-corrected chi connectivity index (χ4v) is 4.00. The van der Waals surface area contributed by atoms with Crippen LogP contribution in [0.5, 0.6) is 0 Å². The molecular formula is C31H43FN4O. The number of benzene rings is 1. The minimum atomic E-state index is -0.330. The smallest absolute Gasteiger partial charge is 0.257 e. The van der Waals surface area contributed by atoms with E-state index in [0.717, 1.165) is 19.4 Å². The van der Waals surface area contributed by atoms with Gasteiger partial charge in [-0.2, -0.15) is 0 Å². The predicted molar refractivity (Wildman–Crippen MR) is 154 cm³/mol. The molecule has 1 heterocycles. The molecule has 0 saturated carbocycles. The number of carbonyl (C=O) groups excluding carboxylic acids is 1. The molecule has 2 aromatic rings. The van der Waals surface area contributed by atoms with Crippen molar-refractivity contribution in [1.29, 1.82) is 0 Å². The van der Waals surface area contributed by atoms with Gasteiger partial charge in [0.05, 0.1) is 17.0 Å². The minimum Gasteiger partial charge on any atom is -0.402 e. The van der Waals surface area contributed by atoms with Crippen LogP contribution in [0.25, 0.3) is 11.3 Å². The normalized spacial score (nSPS) is 13.6. The van der Waals surface area contributed by atoms with Crippen LogP contribution in [-0.4, -0.2) is 17.4 Å². The molecule has 0 bridgehead atoms. The van der Waals surface area contributed by atoms with Crippen molar-refractivity contribution in [3.05, 3.63) is 83.6 Å². The lowest BCUT2D eigenvalue weighted by Crippen LogP contribution is -2.24. The van der Waals surface area contributed by atoms with Gasteiger partial charge in [0.1, 0.15) is 5.82 Å². The number of nitrogens with two attached hydrogens (primary N) is 1. The van der Waals surface area contributed by atoms with Crippen LogP contribution in [-0.2, 0) is 6.42 Å². The summed E-state index contributed by atoms with van der Waals surface area (Å²) >= 11 is 0. The summed E-state index contributed by atoms with van der Waals surface area (Å²) in [6.45, 7) is 17.3. The minimum absolute atomic E-state index is 0.272. The number of aromatic nitrogens is 1. The van der Waals surface area contributed by atoms with E-state index < -0.39 is 0 Å². The van der Waals surface area contributed by atoms with Gasteiger partial charge in [-0.1, -0.05) is 60.1 Å². The summed E-state index contributed by atoms with van der Waals surface area (Å²) in [5.74, 6) is 0.637. The highest BCUT2D eigenvalue weighted by atomic mass is 19.1. The topological polar surface area (TPSA) is 80.0 Å². The third kappa shape index (κ3) is 9.87. The second-order valence-electron chi connectivity index (χ2n) is 10.4. The number of hydrogen-bond donors (Lipinski definition) is 3. The molecule has 0 aliphatic heterocycles. The van der Waals surface area contributed by atoms with Crippen molar-refractivity contribution in [2.75, 3.05) is 11.9 Å². The molecule has 1 aromatic heterocycles. The maximum Gasteiger partial charge on any atom is 0.257 e. The molecule has 4 N–H and O–H groups in total. The summed E-state index contributed by atoms with van der Waals surface area (Å²) < 4.78 is 14.5. The Morgan fingerprint density at radius 2 is 1.89 bits per heavy atom. The first kappa shape index (κ1) is 29.8. The fourth-order valence-electron chi connectivity index (χ4n) is 4.00. The quantitative estimate of drug-likeness (QED) is 0.250. The van der Waals surface area contributed by atoms with Gasteiger partial charge in [-0.3, -0.25) is 9.78 Å². The van der Waals surface area contributed by atoms with Crippen LogP contribution in [0.4, 0.5) is 10.1 Å². The average Bonchev–Trinajstić information content (AvgIpc) is 2.82. The average molecular weight is 507 g/mol. The number of nitrogens with one attached hydrogen (secondary N) is 2. The summed E-state index contributed by atoms with van der Waals surface area (Å²) in [6, 6.07) is 8.43. The van der Waals surface area contributed by atoms with Crippen LogP contribution >= 0.6 is 0 Å².